The molecular formula is C22H44O4Si. The first kappa shape index (κ1) is 24.8. The van der Waals surface area contributed by atoms with Crippen LogP contribution < -0.4 is 0 Å². The van der Waals surface area contributed by atoms with Crippen LogP contribution in [0, 0.1) is 17.8 Å². The van der Waals surface area contributed by atoms with E-state index in [1.54, 1.807) is 0 Å². The van der Waals surface area contributed by atoms with Gasteiger partial charge in [0.2, 0.25) is 0 Å². The maximum Gasteiger partial charge on any atom is 0.349 e. The topological polar surface area (TPSA) is 55.8 Å². The van der Waals surface area contributed by atoms with Crippen LogP contribution in [0.2, 0.25) is 10.1 Å². The van der Waals surface area contributed by atoms with E-state index in [1.807, 2.05) is 20.8 Å². The molecule has 1 N–H and O–H groups in total. The summed E-state index contributed by atoms with van der Waals surface area (Å²) in [5.41, 5.74) is 0. The smallest absolute Gasteiger partial charge is 0.349 e. The molecule has 1 aliphatic rings. The highest BCUT2D eigenvalue weighted by Gasteiger charge is 2.63. The maximum absolute atomic E-state index is 12.9. The van der Waals surface area contributed by atoms with Crippen molar-refractivity contribution in [1.29, 1.82) is 0 Å². The molecule has 0 radical (unpaired) electrons. The van der Waals surface area contributed by atoms with Gasteiger partial charge in [-0.1, -0.05) is 76.2 Å². The lowest BCUT2D eigenvalue weighted by atomic mass is 9.86. The number of hydrogen-bond donors (Lipinski definition) is 1. The van der Waals surface area contributed by atoms with Gasteiger partial charge in [-0.25, -0.2) is 0 Å². The Kier molecular flexibility index (Phi) is 7.94. The number of hydrogen-bond acceptors (Lipinski definition) is 4. The van der Waals surface area contributed by atoms with E-state index in [0.29, 0.717) is 6.42 Å². The molecule has 4 nitrogen and oxygen atoms in total. The zero-order valence-corrected chi connectivity index (χ0v) is 20.6. The Hall–Kier alpha value is -0.233. The van der Waals surface area contributed by atoms with Crippen molar-refractivity contribution in [2.45, 2.75) is 117 Å². The van der Waals surface area contributed by atoms with Gasteiger partial charge in [-0.05, 0) is 12.3 Å². The monoisotopic (exact) mass is 400 g/mol. The summed E-state index contributed by atoms with van der Waals surface area (Å²) in [5.74, 6) is -0.0507. The molecular weight excluding hydrogens is 356 g/mol. The molecule has 0 aliphatic carbocycles. The van der Waals surface area contributed by atoms with Crippen LogP contribution in [0.1, 0.15) is 89.0 Å². The van der Waals surface area contributed by atoms with Crippen LogP contribution in [0.15, 0.2) is 0 Å². The molecule has 0 aromatic carbocycles. The highest BCUT2D eigenvalue weighted by atomic mass is 28.4. The first-order valence-corrected chi connectivity index (χ1v) is 12.5. The van der Waals surface area contributed by atoms with E-state index in [9.17, 15) is 9.90 Å². The van der Waals surface area contributed by atoms with Crippen molar-refractivity contribution in [2.24, 2.45) is 17.8 Å². The summed E-state index contributed by atoms with van der Waals surface area (Å²) in [6.07, 6.45) is 0.615. The summed E-state index contributed by atoms with van der Waals surface area (Å²) < 4.78 is 13.6. The van der Waals surface area contributed by atoms with Crippen molar-refractivity contribution in [3.8, 4) is 0 Å². The van der Waals surface area contributed by atoms with Crippen molar-refractivity contribution in [3.05, 3.63) is 0 Å². The van der Waals surface area contributed by atoms with Gasteiger partial charge >= 0.3 is 8.56 Å². The van der Waals surface area contributed by atoms with Gasteiger partial charge in [0.25, 0.3) is 0 Å². The van der Waals surface area contributed by atoms with Gasteiger partial charge in [0, 0.05) is 28.3 Å². The minimum Gasteiger partial charge on any atom is -0.392 e. The van der Waals surface area contributed by atoms with Gasteiger partial charge in [-0.15, -0.1) is 0 Å². The summed E-state index contributed by atoms with van der Waals surface area (Å²) in [6.45, 7) is 23.3. The Morgan fingerprint density at radius 3 is 1.81 bits per heavy atom. The largest absolute Gasteiger partial charge is 0.392 e. The first-order valence-electron chi connectivity index (χ1n) is 10.7. The highest BCUT2D eigenvalue weighted by molar-refractivity contribution is 6.73. The van der Waals surface area contributed by atoms with Crippen LogP contribution in [-0.2, 0) is 13.6 Å². The SMILES string of the molecule is CC[C@H]1O[Si](C(C)(C)C)(C(C)(C)C)O[C@H](CC(=O)[C@@H](C)[C@H](O)C(C)C)[C@@H]1C. The molecule has 0 aromatic heterocycles. The molecule has 1 aliphatic heterocycles. The van der Waals surface area contributed by atoms with Gasteiger partial charge in [0.1, 0.15) is 5.78 Å². The molecule has 5 heteroatoms. The molecule has 27 heavy (non-hydrogen) atoms. The molecule has 0 saturated carbocycles. The molecule has 1 rings (SSSR count). The highest BCUT2D eigenvalue weighted by Crippen LogP contribution is 2.56. The quantitative estimate of drug-likeness (QED) is 0.601. The molecule has 0 spiro atoms. The molecule has 1 fully saturated rings. The van der Waals surface area contributed by atoms with Gasteiger partial charge in [-0.3, -0.25) is 4.79 Å². The molecule has 0 amide bonds. The van der Waals surface area contributed by atoms with Crippen LogP contribution in [-0.4, -0.2) is 37.8 Å². The number of carbonyl (C=O) groups excluding carboxylic acids is 1. The zero-order chi connectivity index (χ0) is 21.4. The Bertz CT molecular complexity index is 489. The van der Waals surface area contributed by atoms with Crippen LogP contribution in [0.5, 0.6) is 0 Å². The summed E-state index contributed by atoms with van der Waals surface area (Å²) in [4.78, 5) is 12.9. The number of Topliss-reactive ketones (excluding diaryl/α,β-unsaturated/α-hetero) is 1. The third kappa shape index (κ3) is 5.03. The van der Waals surface area contributed by atoms with E-state index >= 15 is 0 Å². The van der Waals surface area contributed by atoms with Crippen molar-refractivity contribution >= 4 is 14.3 Å². The zero-order valence-electron chi connectivity index (χ0n) is 19.6. The molecule has 1 heterocycles. The average Bonchev–Trinajstić information content (AvgIpc) is 2.52. The molecule has 5 atom stereocenters. The van der Waals surface area contributed by atoms with Crippen molar-refractivity contribution in [3.63, 3.8) is 0 Å². The number of aliphatic hydroxyl groups is 1. The van der Waals surface area contributed by atoms with Gasteiger partial charge in [-0.2, -0.15) is 0 Å². The van der Waals surface area contributed by atoms with E-state index in [-0.39, 0.29) is 45.8 Å². The fraction of sp³-hybridized carbons (Fsp3) is 0.955. The Morgan fingerprint density at radius 2 is 1.44 bits per heavy atom. The third-order valence-electron chi connectivity index (χ3n) is 6.29. The summed E-state index contributed by atoms with van der Waals surface area (Å²) in [7, 11) is -2.64. The lowest BCUT2D eigenvalue weighted by molar-refractivity contribution is -0.133. The molecule has 160 valence electrons. The standard InChI is InChI=1S/C22H44O4Si/c1-12-18-16(5)19(13-17(23)15(4)20(24)14(2)3)26-27(25-18,21(6,7)8)22(9,10)11/h14-16,18-20,24H,12-13H2,1-11H3/t15-,16-,18-,19-,20-/m1/s1. The van der Waals surface area contributed by atoms with E-state index in [4.69, 9.17) is 8.85 Å². The van der Waals surface area contributed by atoms with Gasteiger partial charge in [0.05, 0.1) is 18.3 Å². The maximum atomic E-state index is 12.9. The van der Waals surface area contributed by atoms with Crippen LogP contribution in [0.3, 0.4) is 0 Å². The lowest BCUT2D eigenvalue weighted by Crippen LogP contribution is -2.66. The van der Waals surface area contributed by atoms with E-state index in [1.165, 1.54) is 0 Å². The second-order valence-corrected chi connectivity index (χ2v) is 15.6. The van der Waals surface area contributed by atoms with Crippen LogP contribution in [0.25, 0.3) is 0 Å². The predicted molar refractivity (Wildman–Crippen MR) is 114 cm³/mol. The van der Waals surface area contributed by atoms with Gasteiger partial charge < -0.3 is 14.0 Å². The summed E-state index contributed by atoms with van der Waals surface area (Å²) in [6, 6.07) is 0. The van der Waals surface area contributed by atoms with Crippen LogP contribution in [0.4, 0.5) is 0 Å². The average molecular weight is 401 g/mol. The first-order chi connectivity index (χ1) is 12.1. The molecule has 0 aromatic rings. The molecule has 0 unspecified atom stereocenters. The van der Waals surface area contributed by atoms with Crippen molar-refractivity contribution < 1.29 is 18.8 Å². The fourth-order valence-corrected chi connectivity index (χ4v) is 9.83. The fourth-order valence-electron chi connectivity index (χ4n) is 4.57. The van der Waals surface area contributed by atoms with E-state index in [2.05, 4.69) is 55.4 Å². The number of ketones is 1. The summed E-state index contributed by atoms with van der Waals surface area (Å²) >= 11 is 0. The normalized spacial score (nSPS) is 28.9. The summed E-state index contributed by atoms with van der Waals surface area (Å²) in [5, 5.41) is 10.1. The van der Waals surface area contributed by atoms with Gasteiger partial charge in [0.15, 0.2) is 0 Å². The minimum atomic E-state index is -2.64. The third-order valence-corrected chi connectivity index (χ3v) is 11.5. The predicted octanol–water partition coefficient (Wildman–Crippen LogP) is 5.47. The number of carbonyl (C=O) groups is 1. The number of aliphatic hydroxyl groups excluding tert-OH is 1. The van der Waals surface area contributed by atoms with E-state index in [0.717, 1.165) is 6.42 Å². The Balaban J connectivity index is 3.20. The van der Waals surface area contributed by atoms with Crippen LogP contribution >= 0.6 is 0 Å². The molecule has 0 bridgehead atoms. The van der Waals surface area contributed by atoms with Crippen molar-refractivity contribution in [2.75, 3.05) is 0 Å². The second-order valence-electron chi connectivity index (χ2n) is 10.9. The van der Waals surface area contributed by atoms with E-state index < -0.39 is 14.7 Å². The Morgan fingerprint density at radius 1 is 1.00 bits per heavy atom. The lowest BCUT2D eigenvalue weighted by Gasteiger charge is -2.57. The van der Waals surface area contributed by atoms with Crippen molar-refractivity contribution in [1.82, 2.24) is 0 Å². The molecule has 1 saturated heterocycles. The second kappa shape index (κ2) is 8.64. The number of rotatable bonds is 6. The minimum absolute atomic E-state index is 0.0676. The Labute approximate surface area is 168 Å².